The number of unbranched alkanes of at least 4 members (excludes halogenated alkanes) is 2. The third-order valence-electron chi connectivity index (χ3n) is 3.24. The summed E-state index contributed by atoms with van der Waals surface area (Å²) in [7, 11) is 2.02. The lowest BCUT2D eigenvalue weighted by Gasteiger charge is -2.24. The molecule has 1 N–H and O–H groups in total. The molecule has 0 fully saturated rings. The molecule has 0 spiro atoms. The highest BCUT2D eigenvalue weighted by Crippen LogP contribution is 2.27. The van der Waals surface area contributed by atoms with Crippen LogP contribution in [0.5, 0.6) is 0 Å². The molecular formula is C15H26ClN3O. The predicted molar refractivity (Wildman–Crippen MR) is 84.7 cm³/mol. The molecule has 0 amide bonds. The molecule has 1 heterocycles. The Kier molecular flexibility index (Phi) is 6.21. The number of hydrogen-bond acceptors (Lipinski definition) is 4. The highest BCUT2D eigenvalue weighted by molar-refractivity contribution is 6.30. The Morgan fingerprint density at radius 1 is 1.15 bits per heavy atom. The number of nitrogens with zero attached hydrogens (tertiary/aromatic N) is 3. The highest BCUT2D eigenvalue weighted by atomic mass is 35.5. The second kappa shape index (κ2) is 7.23. The third-order valence-corrected chi connectivity index (χ3v) is 3.61. The van der Waals surface area contributed by atoms with Gasteiger partial charge in [-0.15, -0.1) is 0 Å². The molecule has 0 aliphatic heterocycles. The molecule has 0 radical (unpaired) electrons. The summed E-state index contributed by atoms with van der Waals surface area (Å²) < 4.78 is 0. The smallest absolute Gasteiger partial charge is 0.137 e. The average molecular weight is 300 g/mol. The zero-order chi connectivity index (χ0) is 15.3. The van der Waals surface area contributed by atoms with Crippen molar-refractivity contribution in [3.05, 3.63) is 16.5 Å². The molecule has 0 saturated heterocycles. The summed E-state index contributed by atoms with van der Waals surface area (Å²) in [5, 5.41) is 9.33. The molecule has 0 saturated carbocycles. The van der Waals surface area contributed by atoms with Crippen molar-refractivity contribution in [2.24, 2.45) is 0 Å². The van der Waals surface area contributed by atoms with Crippen molar-refractivity contribution in [1.29, 1.82) is 0 Å². The van der Waals surface area contributed by atoms with Crippen LogP contribution in [0.1, 0.15) is 51.4 Å². The second-order valence-corrected chi connectivity index (χ2v) is 6.60. The number of halogens is 1. The molecule has 114 valence electrons. The van der Waals surface area contributed by atoms with E-state index < -0.39 is 0 Å². The van der Waals surface area contributed by atoms with E-state index in [1.807, 2.05) is 14.0 Å². The Labute approximate surface area is 127 Å². The average Bonchev–Trinajstić information content (AvgIpc) is 2.36. The Morgan fingerprint density at radius 3 is 2.35 bits per heavy atom. The quantitative estimate of drug-likeness (QED) is 0.646. The van der Waals surface area contributed by atoms with E-state index in [2.05, 4.69) is 35.6 Å². The minimum Gasteiger partial charge on any atom is -0.396 e. The molecule has 0 aliphatic rings. The first-order valence-corrected chi connectivity index (χ1v) is 7.51. The van der Waals surface area contributed by atoms with Gasteiger partial charge in [0, 0.05) is 31.2 Å². The monoisotopic (exact) mass is 299 g/mol. The molecule has 1 rings (SSSR count). The molecule has 0 unspecified atom stereocenters. The van der Waals surface area contributed by atoms with Crippen LogP contribution < -0.4 is 4.90 Å². The van der Waals surface area contributed by atoms with Crippen LogP contribution in [0, 0.1) is 6.92 Å². The molecule has 0 bridgehead atoms. The largest absolute Gasteiger partial charge is 0.396 e. The van der Waals surface area contributed by atoms with E-state index in [0.717, 1.165) is 43.0 Å². The standard InChI is InChI=1S/C15H26ClN3O/c1-11-12(16)17-14(15(2,3)4)18-13(11)19(5)9-7-6-8-10-20/h20H,6-10H2,1-5H3. The van der Waals surface area contributed by atoms with Gasteiger partial charge in [-0.1, -0.05) is 32.4 Å². The van der Waals surface area contributed by atoms with Crippen molar-refractivity contribution in [3.63, 3.8) is 0 Å². The summed E-state index contributed by atoms with van der Waals surface area (Å²) >= 11 is 6.24. The fourth-order valence-electron chi connectivity index (χ4n) is 1.93. The van der Waals surface area contributed by atoms with Crippen molar-refractivity contribution in [1.82, 2.24) is 9.97 Å². The van der Waals surface area contributed by atoms with Crippen molar-refractivity contribution in [2.75, 3.05) is 25.1 Å². The Balaban J connectivity index is 2.90. The van der Waals surface area contributed by atoms with E-state index in [9.17, 15) is 0 Å². The van der Waals surface area contributed by atoms with Gasteiger partial charge in [-0.2, -0.15) is 0 Å². The van der Waals surface area contributed by atoms with Gasteiger partial charge in [-0.25, -0.2) is 9.97 Å². The van der Waals surface area contributed by atoms with Crippen LogP contribution in [-0.4, -0.2) is 35.3 Å². The van der Waals surface area contributed by atoms with E-state index in [-0.39, 0.29) is 12.0 Å². The number of rotatable bonds is 6. The Bertz CT molecular complexity index is 443. The molecule has 1 aromatic rings. The van der Waals surface area contributed by atoms with Crippen LogP contribution in [0.15, 0.2) is 0 Å². The van der Waals surface area contributed by atoms with Gasteiger partial charge in [0.25, 0.3) is 0 Å². The van der Waals surface area contributed by atoms with Crippen LogP contribution in [-0.2, 0) is 5.41 Å². The van der Waals surface area contributed by atoms with Gasteiger partial charge >= 0.3 is 0 Å². The molecule has 0 aliphatic carbocycles. The van der Waals surface area contributed by atoms with Gasteiger partial charge in [-0.3, -0.25) is 0 Å². The number of aliphatic hydroxyl groups excluding tert-OH is 1. The van der Waals surface area contributed by atoms with Crippen LogP contribution >= 0.6 is 11.6 Å². The van der Waals surface area contributed by atoms with Gasteiger partial charge in [-0.05, 0) is 26.2 Å². The predicted octanol–water partition coefficient (Wildman–Crippen LogP) is 3.33. The van der Waals surface area contributed by atoms with Crippen LogP contribution in [0.4, 0.5) is 5.82 Å². The van der Waals surface area contributed by atoms with E-state index in [1.165, 1.54) is 0 Å². The number of anilines is 1. The summed E-state index contributed by atoms with van der Waals surface area (Å²) in [5.41, 5.74) is 0.799. The molecule has 0 atom stereocenters. The summed E-state index contributed by atoms with van der Waals surface area (Å²) in [6, 6.07) is 0. The minimum absolute atomic E-state index is 0.121. The van der Waals surface area contributed by atoms with Crippen molar-refractivity contribution in [3.8, 4) is 0 Å². The molecular weight excluding hydrogens is 274 g/mol. The molecule has 20 heavy (non-hydrogen) atoms. The molecule has 5 heteroatoms. The summed E-state index contributed by atoms with van der Waals surface area (Å²) in [6.45, 7) is 9.36. The normalized spacial score (nSPS) is 11.8. The Hall–Kier alpha value is -0.870. The van der Waals surface area contributed by atoms with Gasteiger partial charge in [0.2, 0.25) is 0 Å². The third kappa shape index (κ3) is 4.60. The number of aromatic nitrogens is 2. The van der Waals surface area contributed by atoms with Crippen molar-refractivity contribution < 1.29 is 5.11 Å². The van der Waals surface area contributed by atoms with Crippen LogP contribution in [0.2, 0.25) is 5.15 Å². The highest BCUT2D eigenvalue weighted by Gasteiger charge is 2.21. The topological polar surface area (TPSA) is 49.2 Å². The summed E-state index contributed by atoms with van der Waals surface area (Å²) in [6.07, 6.45) is 2.90. The lowest BCUT2D eigenvalue weighted by Crippen LogP contribution is -2.24. The minimum atomic E-state index is -0.121. The zero-order valence-electron chi connectivity index (χ0n) is 13.2. The maximum Gasteiger partial charge on any atom is 0.137 e. The Morgan fingerprint density at radius 2 is 1.80 bits per heavy atom. The van der Waals surface area contributed by atoms with Crippen LogP contribution in [0.25, 0.3) is 0 Å². The number of hydrogen-bond donors (Lipinski definition) is 1. The molecule has 0 aromatic carbocycles. The van der Waals surface area contributed by atoms with Gasteiger partial charge < -0.3 is 10.0 Å². The van der Waals surface area contributed by atoms with E-state index in [1.54, 1.807) is 0 Å². The fourth-order valence-corrected chi connectivity index (χ4v) is 2.09. The van der Waals surface area contributed by atoms with Gasteiger partial charge in [0.15, 0.2) is 0 Å². The maximum absolute atomic E-state index is 8.80. The van der Waals surface area contributed by atoms with Crippen molar-refractivity contribution in [2.45, 2.75) is 52.4 Å². The lowest BCUT2D eigenvalue weighted by atomic mass is 9.95. The van der Waals surface area contributed by atoms with Gasteiger partial charge in [0.1, 0.15) is 16.8 Å². The first-order chi connectivity index (χ1) is 9.27. The van der Waals surface area contributed by atoms with Gasteiger partial charge in [0.05, 0.1) is 0 Å². The first kappa shape index (κ1) is 17.2. The summed E-state index contributed by atoms with van der Waals surface area (Å²) in [4.78, 5) is 11.2. The zero-order valence-corrected chi connectivity index (χ0v) is 14.0. The SMILES string of the molecule is Cc1c(Cl)nc(C(C)(C)C)nc1N(C)CCCCCO. The maximum atomic E-state index is 8.80. The number of aliphatic hydroxyl groups is 1. The molecule has 1 aromatic heterocycles. The van der Waals surface area contributed by atoms with E-state index >= 15 is 0 Å². The lowest BCUT2D eigenvalue weighted by molar-refractivity contribution is 0.283. The fraction of sp³-hybridized carbons (Fsp3) is 0.733. The van der Waals surface area contributed by atoms with E-state index in [4.69, 9.17) is 16.7 Å². The van der Waals surface area contributed by atoms with Crippen molar-refractivity contribution >= 4 is 17.4 Å². The van der Waals surface area contributed by atoms with Crippen LogP contribution in [0.3, 0.4) is 0 Å². The first-order valence-electron chi connectivity index (χ1n) is 7.14. The molecule has 4 nitrogen and oxygen atoms in total. The van der Waals surface area contributed by atoms with E-state index in [0.29, 0.717) is 5.15 Å². The second-order valence-electron chi connectivity index (χ2n) is 6.24. The summed E-state index contributed by atoms with van der Waals surface area (Å²) in [5.74, 6) is 1.67.